The van der Waals surface area contributed by atoms with Crippen molar-refractivity contribution >= 4 is 5.97 Å². The second-order valence-electron chi connectivity index (χ2n) is 4.64. The summed E-state index contributed by atoms with van der Waals surface area (Å²) in [6, 6.07) is -0.231. The summed E-state index contributed by atoms with van der Waals surface area (Å²) in [5, 5.41) is 8.76. The first-order valence-electron chi connectivity index (χ1n) is 5.72. The fourth-order valence-electron chi connectivity index (χ4n) is 2.23. The summed E-state index contributed by atoms with van der Waals surface area (Å²) in [7, 11) is 0. The predicted octanol–water partition coefficient (Wildman–Crippen LogP) is 2.36. The molecule has 1 aliphatic heterocycles. The van der Waals surface area contributed by atoms with Crippen LogP contribution in [0.4, 0.5) is 8.78 Å². The number of halogens is 2. The maximum absolute atomic E-state index is 13.0. The summed E-state index contributed by atoms with van der Waals surface area (Å²) < 4.78 is 25.9. The van der Waals surface area contributed by atoms with Gasteiger partial charge in [-0.2, -0.15) is 0 Å². The Kier molecular flexibility index (Phi) is 4.65. The van der Waals surface area contributed by atoms with Gasteiger partial charge in [0.05, 0.1) is 13.0 Å². The van der Waals surface area contributed by atoms with Gasteiger partial charge in [-0.1, -0.05) is 12.8 Å². The van der Waals surface area contributed by atoms with Crippen LogP contribution in [0.25, 0.3) is 0 Å². The molecule has 0 radical (unpaired) electrons. The van der Waals surface area contributed by atoms with Crippen molar-refractivity contribution < 1.29 is 18.7 Å². The molecule has 0 aromatic heterocycles. The predicted molar refractivity (Wildman–Crippen MR) is 56.7 cm³/mol. The van der Waals surface area contributed by atoms with E-state index in [9.17, 15) is 13.6 Å². The van der Waals surface area contributed by atoms with Gasteiger partial charge >= 0.3 is 5.97 Å². The van der Waals surface area contributed by atoms with E-state index in [0.29, 0.717) is 13.0 Å². The largest absolute Gasteiger partial charge is 0.481 e. The molecule has 3 nitrogen and oxygen atoms in total. The van der Waals surface area contributed by atoms with Crippen molar-refractivity contribution in [1.82, 2.24) is 4.90 Å². The lowest BCUT2D eigenvalue weighted by Gasteiger charge is -2.30. The lowest BCUT2D eigenvalue weighted by atomic mass is 10.1. The Bertz CT molecular complexity index is 241. The average Bonchev–Trinajstić information content (AvgIpc) is 2.28. The second kappa shape index (κ2) is 5.57. The highest BCUT2D eigenvalue weighted by atomic mass is 19.3. The van der Waals surface area contributed by atoms with E-state index in [2.05, 4.69) is 0 Å². The molecular formula is C11H19F2NO2. The van der Waals surface area contributed by atoms with Crippen molar-refractivity contribution in [3.8, 4) is 0 Å². The molecule has 1 N–H and O–H groups in total. The molecule has 0 aliphatic carbocycles. The molecule has 0 aromatic rings. The van der Waals surface area contributed by atoms with E-state index in [0.717, 1.165) is 26.2 Å². The minimum absolute atomic E-state index is 0.0317. The van der Waals surface area contributed by atoms with E-state index in [1.807, 2.05) is 0 Å². The average molecular weight is 235 g/mol. The number of carboxylic acid groups (broad SMARTS) is 1. The van der Waals surface area contributed by atoms with Crippen LogP contribution < -0.4 is 0 Å². The number of hydrogen-bond acceptors (Lipinski definition) is 2. The first-order valence-corrected chi connectivity index (χ1v) is 5.72. The molecule has 0 saturated carbocycles. The van der Waals surface area contributed by atoms with Gasteiger partial charge in [-0.3, -0.25) is 9.69 Å². The number of hydrogen-bond donors (Lipinski definition) is 1. The van der Waals surface area contributed by atoms with Crippen LogP contribution in [0.2, 0.25) is 0 Å². The highest BCUT2D eigenvalue weighted by Gasteiger charge is 2.31. The van der Waals surface area contributed by atoms with Crippen LogP contribution in [0, 0.1) is 0 Å². The van der Waals surface area contributed by atoms with E-state index >= 15 is 0 Å². The molecule has 0 amide bonds. The Morgan fingerprint density at radius 3 is 2.69 bits per heavy atom. The molecule has 1 rings (SSSR count). The lowest BCUT2D eigenvalue weighted by Crippen LogP contribution is -2.42. The Hall–Kier alpha value is -0.710. The molecule has 1 unspecified atom stereocenters. The van der Waals surface area contributed by atoms with Gasteiger partial charge in [0.2, 0.25) is 0 Å². The summed E-state index contributed by atoms with van der Waals surface area (Å²) in [6.45, 7) is 1.14. The van der Waals surface area contributed by atoms with Crippen molar-refractivity contribution in [1.29, 1.82) is 0 Å². The van der Waals surface area contributed by atoms with Crippen LogP contribution >= 0.6 is 0 Å². The van der Waals surface area contributed by atoms with Gasteiger partial charge in [0.25, 0.3) is 5.92 Å². The van der Waals surface area contributed by atoms with Gasteiger partial charge in [-0.05, 0) is 19.4 Å². The Balaban J connectivity index is 2.62. The first-order chi connectivity index (χ1) is 7.38. The normalized spacial score (nSPS) is 24.1. The van der Waals surface area contributed by atoms with Gasteiger partial charge in [0.15, 0.2) is 0 Å². The van der Waals surface area contributed by atoms with Gasteiger partial charge in [-0.15, -0.1) is 0 Å². The Labute approximate surface area is 94.4 Å². The number of nitrogens with zero attached hydrogens (tertiary/aromatic N) is 1. The fraction of sp³-hybridized carbons (Fsp3) is 0.909. The van der Waals surface area contributed by atoms with Crippen LogP contribution in [-0.4, -0.2) is 41.0 Å². The van der Waals surface area contributed by atoms with Gasteiger partial charge < -0.3 is 5.11 Å². The molecule has 1 saturated heterocycles. The first kappa shape index (κ1) is 13.4. The van der Waals surface area contributed by atoms with Crippen LogP contribution in [0.15, 0.2) is 0 Å². The molecular weight excluding hydrogens is 216 g/mol. The molecule has 1 aliphatic rings. The summed E-state index contributed by atoms with van der Waals surface area (Å²) in [5.74, 6) is -3.66. The third-order valence-corrected chi connectivity index (χ3v) is 2.89. The molecule has 0 aromatic carbocycles. The smallest absolute Gasteiger partial charge is 0.304 e. The van der Waals surface area contributed by atoms with Gasteiger partial charge in [0.1, 0.15) is 0 Å². The second-order valence-corrected chi connectivity index (χ2v) is 4.64. The maximum Gasteiger partial charge on any atom is 0.304 e. The number of alkyl halides is 2. The van der Waals surface area contributed by atoms with Crippen LogP contribution in [0.3, 0.4) is 0 Å². The van der Waals surface area contributed by atoms with Crippen molar-refractivity contribution in [3.05, 3.63) is 0 Å². The minimum atomic E-state index is -2.75. The van der Waals surface area contributed by atoms with E-state index in [1.54, 1.807) is 4.90 Å². The number of aliphatic carboxylic acids is 1. The van der Waals surface area contributed by atoms with Crippen LogP contribution in [-0.2, 0) is 4.79 Å². The topological polar surface area (TPSA) is 40.5 Å². The van der Waals surface area contributed by atoms with Gasteiger partial charge in [-0.25, -0.2) is 8.78 Å². The standard InChI is InChI=1S/C11H19F2NO2/c1-11(12,13)8-14-6-4-2-3-5-9(14)7-10(15)16/h9H,2-8H2,1H3,(H,15,16). The summed E-state index contributed by atoms with van der Waals surface area (Å²) in [4.78, 5) is 12.3. The lowest BCUT2D eigenvalue weighted by molar-refractivity contribution is -0.139. The minimum Gasteiger partial charge on any atom is -0.481 e. The zero-order chi connectivity index (χ0) is 12.2. The molecule has 16 heavy (non-hydrogen) atoms. The molecule has 5 heteroatoms. The molecule has 1 atom stereocenters. The highest BCUT2D eigenvalue weighted by Crippen LogP contribution is 2.23. The van der Waals surface area contributed by atoms with Gasteiger partial charge in [0, 0.05) is 13.0 Å². The number of likely N-dealkylation sites (tertiary alicyclic amines) is 1. The Morgan fingerprint density at radius 2 is 2.12 bits per heavy atom. The van der Waals surface area contributed by atoms with Crippen LogP contribution in [0.5, 0.6) is 0 Å². The van der Waals surface area contributed by atoms with Crippen LogP contribution in [0.1, 0.15) is 39.0 Å². The Morgan fingerprint density at radius 1 is 1.44 bits per heavy atom. The van der Waals surface area contributed by atoms with Crippen molar-refractivity contribution in [2.45, 2.75) is 51.0 Å². The van der Waals surface area contributed by atoms with Crippen molar-refractivity contribution in [2.24, 2.45) is 0 Å². The summed E-state index contributed by atoms with van der Waals surface area (Å²) in [6.07, 6.45) is 3.50. The fourth-order valence-corrected chi connectivity index (χ4v) is 2.23. The van der Waals surface area contributed by atoms with Crippen molar-refractivity contribution in [2.75, 3.05) is 13.1 Å². The summed E-state index contributed by atoms with van der Waals surface area (Å²) in [5.41, 5.74) is 0. The van der Waals surface area contributed by atoms with E-state index in [4.69, 9.17) is 5.11 Å². The molecule has 0 bridgehead atoms. The summed E-state index contributed by atoms with van der Waals surface area (Å²) >= 11 is 0. The third kappa shape index (κ3) is 4.88. The number of carboxylic acids is 1. The van der Waals surface area contributed by atoms with E-state index in [-0.39, 0.29) is 19.0 Å². The number of carbonyl (C=O) groups is 1. The third-order valence-electron chi connectivity index (χ3n) is 2.89. The van der Waals surface area contributed by atoms with Crippen molar-refractivity contribution in [3.63, 3.8) is 0 Å². The highest BCUT2D eigenvalue weighted by molar-refractivity contribution is 5.67. The molecule has 1 fully saturated rings. The van der Waals surface area contributed by atoms with E-state index in [1.165, 1.54) is 0 Å². The number of rotatable bonds is 4. The van der Waals surface area contributed by atoms with E-state index < -0.39 is 11.9 Å². The quantitative estimate of drug-likeness (QED) is 0.813. The zero-order valence-electron chi connectivity index (χ0n) is 9.59. The monoisotopic (exact) mass is 235 g/mol. The molecule has 0 spiro atoms. The maximum atomic E-state index is 13.0. The zero-order valence-corrected chi connectivity index (χ0v) is 9.59. The SMILES string of the molecule is CC(F)(F)CN1CCCCCC1CC(=O)O. The molecule has 94 valence electrons. The molecule has 1 heterocycles.